The average Bonchev–Trinajstić information content (AvgIpc) is 2.17. The largest absolute Gasteiger partial charge is 0.326 e. The van der Waals surface area contributed by atoms with E-state index in [2.05, 4.69) is 13.5 Å². The van der Waals surface area contributed by atoms with Gasteiger partial charge in [0.1, 0.15) is 6.10 Å². The molecule has 15 heavy (non-hydrogen) atoms. The van der Waals surface area contributed by atoms with Gasteiger partial charge in [-0.1, -0.05) is 13.5 Å². The van der Waals surface area contributed by atoms with Gasteiger partial charge in [-0.3, -0.25) is 0 Å². The maximum absolute atomic E-state index is 5.79. The van der Waals surface area contributed by atoms with Gasteiger partial charge in [0, 0.05) is 12.8 Å². The summed E-state index contributed by atoms with van der Waals surface area (Å²) in [6.45, 7) is 8.49. The number of hydrogen-bond acceptors (Lipinski definition) is 4. The van der Waals surface area contributed by atoms with Crippen molar-refractivity contribution >= 4 is 0 Å². The van der Waals surface area contributed by atoms with Crippen LogP contribution < -0.4 is 0 Å². The molecule has 0 N–H and O–H groups in total. The van der Waals surface area contributed by atoms with E-state index in [1.165, 1.54) is 0 Å². The molecule has 2 fully saturated rings. The molecule has 2 rings (SSSR count). The van der Waals surface area contributed by atoms with Crippen LogP contribution in [-0.2, 0) is 19.2 Å². The van der Waals surface area contributed by atoms with E-state index in [1.807, 2.05) is 6.92 Å². The van der Waals surface area contributed by atoms with E-state index in [9.17, 15) is 0 Å². The Hall–Kier alpha value is -0.420. The first kappa shape index (κ1) is 11.1. The standard InChI is InChI=1S/C11H18O4/c1-4-6-11-12-7-5-9(13-11)10(8(2)3)14-15-11/h9-10H,2,4-7H2,1,3H3/t9-,10-,11-/m1/s1. The summed E-state index contributed by atoms with van der Waals surface area (Å²) in [7, 11) is 0. The quantitative estimate of drug-likeness (QED) is 0.533. The molecule has 3 atom stereocenters. The maximum Gasteiger partial charge on any atom is 0.312 e. The van der Waals surface area contributed by atoms with Crippen molar-refractivity contribution in [2.24, 2.45) is 0 Å². The van der Waals surface area contributed by atoms with Crippen LogP contribution in [0.3, 0.4) is 0 Å². The van der Waals surface area contributed by atoms with Crippen LogP contribution >= 0.6 is 0 Å². The molecule has 0 saturated carbocycles. The van der Waals surface area contributed by atoms with E-state index < -0.39 is 5.97 Å². The van der Waals surface area contributed by atoms with Crippen LogP contribution in [0.15, 0.2) is 12.2 Å². The van der Waals surface area contributed by atoms with Gasteiger partial charge in [0.15, 0.2) is 0 Å². The highest BCUT2D eigenvalue weighted by Crippen LogP contribution is 2.37. The molecule has 0 aromatic carbocycles. The van der Waals surface area contributed by atoms with Crippen LogP contribution in [0.4, 0.5) is 0 Å². The molecule has 4 heteroatoms. The van der Waals surface area contributed by atoms with Crippen LogP contribution in [0.25, 0.3) is 0 Å². The fourth-order valence-corrected chi connectivity index (χ4v) is 1.98. The molecule has 0 unspecified atom stereocenters. The highest BCUT2D eigenvalue weighted by Gasteiger charge is 2.48. The predicted octanol–water partition coefficient (Wildman–Crippen LogP) is 2.15. The van der Waals surface area contributed by atoms with Crippen LogP contribution in [0, 0.1) is 0 Å². The Balaban J connectivity index is 2.07. The maximum atomic E-state index is 5.79. The lowest BCUT2D eigenvalue weighted by atomic mass is 10.0. The molecule has 4 nitrogen and oxygen atoms in total. The normalized spacial score (nSPS) is 40.1. The molecule has 2 aliphatic rings. The topological polar surface area (TPSA) is 36.9 Å². The summed E-state index contributed by atoms with van der Waals surface area (Å²) in [5.74, 6) is -0.969. The zero-order chi connectivity index (χ0) is 10.9. The molecule has 2 aliphatic heterocycles. The Kier molecular flexibility index (Phi) is 3.11. The summed E-state index contributed by atoms with van der Waals surface area (Å²) in [5, 5.41) is 0. The van der Waals surface area contributed by atoms with Gasteiger partial charge in [0.2, 0.25) is 0 Å². The van der Waals surface area contributed by atoms with Crippen LogP contribution in [0.5, 0.6) is 0 Å². The minimum Gasteiger partial charge on any atom is -0.326 e. The van der Waals surface area contributed by atoms with Crippen molar-refractivity contribution < 1.29 is 19.2 Å². The first-order valence-electron chi connectivity index (χ1n) is 5.48. The molecule has 2 bridgehead atoms. The van der Waals surface area contributed by atoms with E-state index in [0.29, 0.717) is 13.0 Å². The monoisotopic (exact) mass is 214 g/mol. The third-order valence-electron chi connectivity index (χ3n) is 2.71. The molecule has 0 radical (unpaired) electrons. The van der Waals surface area contributed by atoms with Gasteiger partial charge in [0.25, 0.3) is 0 Å². The summed E-state index contributed by atoms with van der Waals surface area (Å²) in [5.41, 5.74) is 0.923. The number of hydrogen-bond donors (Lipinski definition) is 0. The Labute approximate surface area is 90.1 Å². The van der Waals surface area contributed by atoms with Crippen molar-refractivity contribution in [1.29, 1.82) is 0 Å². The third-order valence-corrected chi connectivity index (χ3v) is 2.71. The van der Waals surface area contributed by atoms with Crippen molar-refractivity contribution in [3.8, 4) is 0 Å². The second-order valence-electron chi connectivity index (χ2n) is 4.17. The number of fused-ring (bicyclic) bond motifs is 2. The van der Waals surface area contributed by atoms with Gasteiger partial charge in [0.05, 0.1) is 12.7 Å². The van der Waals surface area contributed by atoms with E-state index in [1.54, 1.807) is 0 Å². The van der Waals surface area contributed by atoms with Crippen LogP contribution in [-0.4, -0.2) is 24.8 Å². The molecule has 0 aromatic heterocycles. The van der Waals surface area contributed by atoms with Gasteiger partial charge in [-0.05, 0) is 18.9 Å². The molecular formula is C11H18O4. The second-order valence-corrected chi connectivity index (χ2v) is 4.17. The van der Waals surface area contributed by atoms with Gasteiger partial charge in [-0.15, -0.1) is 0 Å². The van der Waals surface area contributed by atoms with Crippen molar-refractivity contribution in [3.63, 3.8) is 0 Å². The second kappa shape index (κ2) is 4.22. The van der Waals surface area contributed by atoms with Gasteiger partial charge < -0.3 is 9.47 Å². The highest BCUT2D eigenvalue weighted by molar-refractivity contribution is 5.03. The molecular weight excluding hydrogens is 196 g/mol. The summed E-state index contributed by atoms with van der Waals surface area (Å²) in [6.07, 6.45) is 2.28. The van der Waals surface area contributed by atoms with Crippen LogP contribution in [0.1, 0.15) is 33.1 Å². The zero-order valence-corrected chi connectivity index (χ0v) is 9.32. The SMILES string of the molecule is C=C(C)[C@H]1OO[C@]2(CCC)OCC[C@H]1O2. The Bertz CT molecular complexity index is 249. The lowest BCUT2D eigenvalue weighted by molar-refractivity contribution is -0.576. The molecule has 0 amide bonds. The van der Waals surface area contributed by atoms with Gasteiger partial charge in [-0.25, -0.2) is 4.89 Å². The lowest BCUT2D eigenvalue weighted by Gasteiger charge is -2.46. The molecule has 0 aliphatic carbocycles. The first-order chi connectivity index (χ1) is 7.17. The summed E-state index contributed by atoms with van der Waals surface area (Å²) in [6, 6.07) is 0. The van der Waals surface area contributed by atoms with Crippen LogP contribution in [0.2, 0.25) is 0 Å². The smallest absolute Gasteiger partial charge is 0.312 e. The number of ether oxygens (including phenoxy) is 2. The Morgan fingerprint density at radius 1 is 1.53 bits per heavy atom. The Morgan fingerprint density at radius 3 is 3.00 bits per heavy atom. The van der Waals surface area contributed by atoms with Gasteiger partial charge >= 0.3 is 5.97 Å². The van der Waals surface area contributed by atoms with Crippen molar-refractivity contribution in [2.45, 2.75) is 51.3 Å². The molecule has 2 heterocycles. The summed E-state index contributed by atoms with van der Waals surface area (Å²) in [4.78, 5) is 10.6. The van der Waals surface area contributed by atoms with Crippen molar-refractivity contribution in [2.75, 3.05) is 6.61 Å². The summed E-state index contributed by atoms with van der Waals surface area (Å²) >= 11 is 0. The molecule has 2 saturated heterocycles. The molecule has 0 aromatic rings. The highest BCUT2D eigenvalue weighted by atomic mass is 17.3. The number of rotatable bonds is 3. The summed E-state index contributed by atoms with van der Waals surface area (Å²) < 4.78 is 11.3. The fourth-order valence-electron chi connectivity index (χ4n) is 1.98. The van der Waals surface area contributed by atoms with E-state index in [4.69, 9.17) is 19.2 Å². The van der Waals surface area contributed by atoms with Gasteiger partial charge in [-0.2, -0.15) is 4.89 Å². The fraction of sp³-hybridized carbons (Fsp3) is 0.818. The lowest BCUT2D eigenvalue weighted by Crippen LogP contribution is -2.56. The van der Waals surface area contributed by atoms with Crippen molar-refractivity contribution in [3.05, 3.63) is 12.2 Å². The predicted molar refractivity (Wildman–Crippen MR) is 53.9 cm³/mol. The molecule has 0 spiro atoms. The van der Waals surface area contributed by atoms with E-state index in [0.717, 1.165) is 18.4 Å². The first-order valence-corrected chi connectivity index (χ1v) is 5.48. The Morgan fingerprint density at radius 2 is 2.33 bits per heavy atom. The van der Waals surface area contributed by atoms with E-state index >= 15 is 0 Å². The van der Waals surface area contributed by atoms with E-state index in [-0.39, 0.29) is 12.2 Å². The minimum atomic E-state index is -0.969. The molecule has 86 valence electrons. The zero-order valence-electron chi connectivity index (χ0n) is 9.32. The third kappa shape index (κ3) is 2.08. The average molecular weight is 214 g/mol. The minimum absolute atomic E-state index is 0.0107. The van der Waals surface area contributed by atoms with Crippen molar-refractivity contribution in [1.82, 2.24) is 0 Å².